The molecule has 0 amide bonds. The maximum atomic E-state index is 5.62. The number of hydrogen-bond acceptors (Lipinski definition) is 2. The molecule has 2 N–H and O–H groups in total. The summed E-state index contributed by atoms with van der Waals surface area (Å²) in [5, 5.41) is 0. The summed E-state index contributed by atoms with van der Waals surface area (Å²) in [4.78, 5) is 3.94. The van der Waals surface area contributed by atoms with Gasteiger partial charge < -0.3 is 5.73 Å². The molecule has 0 aromatic rings. The number of aliphatic imine (C=N–C) groups is 1. The van der Waals surface area contributed by atoms with Gasteiger partial charge in [0.2, 0.25) is 0 Å². The summed E-state index contributed by atoms with van der Waals surface area (Å²) in [7, 11) is 1.74. The molecule has 0 aliphatic carbocycles. The number of rotatable bonds is 1. The summed E-state index contributed by atoms with van der Waals surface area (Å²) in [6.07, 6.45) is 0. The molecule has 0 aromatic heterocycles. The second kappa shape index (κ2) is 3.28. The molecule has 0 aliphatic heterocycles. The Bertz CT molecular complexity index is 150. The van der Waals surface area contributed by atoms with Gasteiger partial charge in [-0.3, -0.25) is 4.99 Å². The van der Waals surface area contributed by atoms with Gasteiger partial charge in [-0.1, -0.05) is 5.57 Å². The Kier molecular flexibility index (Phi) is 2.99. The SMILES string of the molecule is C/N=C(/C)C(N)=C(C)C. The molecular weight excluding hydrogens is 112 g/mol. The highest BCUT2D eigenvalue weighted by Crippen LogP contribution is 1.97. The molecule has 0 atom stereocenters. The van der Waals surface area contributed by atoms with Gasteiger partial charge in [0.05, 0.1) is 11.4 Å². The van der Waals surface area contributed by atoms with Crippen LogP contribution in [-0.4, -0.2) is 12.8 Å². The van der Waals surface area contributed by atoms with Gasteiger partial charge >= 0.3 is 0 Å². The van der Waals surface area contributed by atoms with Gasteiger partial charge in [-0.2, -0.15) is 0 Å². The highest BCUT2D eigenvalue weighted by molar-refractivity contribution is 5.97. The molecule has 0 rings (SSSR count). The fraction of sp³-hybridized carbons (Fsp3) is 0.571. The second-order valence-electron chi connectivity index (χ2n) is 2.22. The van der Waals surface area contributed by atoms with Crippen LogP contribution in [0, 0.1) is 0 Å². The Morgan fingerprint density at radius 1 is 1.22 bits per heavy atom. The molecule has 52 valence electrons. The van der Waals surface area contributed by atoms with E-state index in [4.69, 9.17) is 5.73 Å². The molecule has 0 heterocycles. The lowest BCUT2D eigenvalue weighted by atomic mass is 10.2. The van der Waals surface area contributed by atoms with Crippen LogP contribution in [0.25, 0.3) is 0 Å². The van der Waals surface area contributed by atoms with Gasteiger partial charge in [0.25, 0.3) is 0 Å². The standard InChI is InChI=1S/C7H14N2/c1-5(2)7(8)6(3)9-4/h8H2,1-4H3/b9-6-. The molecule has 0 aromatic carbocycles. The van der Waals surface area contributed by atoms with E-state index >= 15 is 0 Å². The molecule has 0 unspecified atom stereocenters. The molecule has 9 heavy (non-hydrogen) atoms. The van der Waals surface area contributed by atoms with Crippen LogP contribution in [0.1, 0.15) is 20.8 Å². The Labute approximate surface area is 56.5 Å². The summed E-state index contributed by atoms with van der Waals surface area (Å²) in [5.74, 6) is 0. The van der Waals surface area contributed by atoms with E-state index in [2.05, 4.69) is 4.99 Å². The van der Waals surface area contributed by atoms with Crippen molar-refractivity contribution >= 4 is 5.71 Å². The minimum atomic E-state index is 0.803. The van der Waals surface area contributed by atoms with Crippen molar-refractivity contribution in [2.45, 2.75) is 20.8 Å². The van der Waals surface area contributed by atoms with E-state index in [1.165, 1.54) is 0 Å². The van der Waals surface area contributed by atoms with Crippen molar-refractivity contribution in [3.05, 3.63) is 11.3 Å². The van der Waals surface area contributed by atoms with Gasteiger partial charge in [0, 0.05) is 7.05 Å². The molecule has 0 spiro atoms. The smallest absolute Gasteiger partial charge is 0.0542 e. The number of nitrogens with two attached hydrogens (primary N) is 1. The number of allylic oxidation sites excluding steroid dienone is 2. The lowest BCUT2D eigenvalue weighted by molar-refractivity contribution is 1.25. The topological polar surface area (TPSA) is 38.4 Å². The molecule has 2 nitrogen and oxygen atoms in total. The number of hydrogen-bond donors (Lipinski definition) is 1. The zero-order valence-electron chi connectivity index (χ0n) is 6.52. The van der Waals surface area contributed by atoms with Gasteiger partial charge in [0.15, 0.2) is 0 Å². The van der Waals surface area contributed by atoms with Crippen molar-refractivity contribution in [1.82, 2.24) is 0 Å². The summed E-state index contributed by atoms with van der Waals surface area (Å²) in [6, 6.07) is 0. The molecule has 2 heteroatoms. The Morgan fingerprint density at radius 3 is 1.78 bits per heavy atom. The van der Waals surface area contributed by atoms with Crippen LogP contribution in [-0.2, 0) is 0 Å². The van der Waals surface area contributed by atoms with E-state index < -0.39 is 0 Å². The third-order valence-electron chi connectivity index (χ3n) is 1.26. The van der Waals surface area contributed by atoms with Crippen molar-refractivity contribution in [2.24, 2.45) is 10.7 Å². The van der Waals surface area contributed by atoms with Gasteiger partial charge in [-0.15, -0.1) is 0 Å². The van der Waals surface area contributed by atoms with Crippen LogP contribution in [0.15, 0.2) is 16.3 Å². The molecule has 0 saturated carbocycles. The van der Waals surface area contributed by atoms with Crippen molar-refractivity contribution in [3.63, 3.8) is 0 Å². The molecule has 0 saturated heterocycles. The van der Waals surface area contributed by atoms with Gasteiger partial charge in [-0.25, -0.2) is 0 Å². The van der Waals surface area contributed by atoms with E-state index in [1.54, 1.807) is 7.05 Å². The fourth-order valence-corrected chi connectivity index (χ4v) is 0.482. The first-order valence-electron chi connectivity index (χ1n) is 2.96. The van der Waals surface area contributed by atoms with Crippen LogP contribution in [0.5, 0.6) is 0 Å². The average Bonchev–Trinajstić information content (AvgIpc) is 1.84. The minimum absolute atomic E-state index is 0.803. The fourth-order valence-electron chi connectivity index (χ4n) is 0.482. The first-order valence-corrected chi connectivity index (χ1v) is 2.96. The zero-order chi connectivity index (χ0) is 7.44. The highest BCUT2D eigenvalue weighted by atomic mass is 14.7. The second-order valence-corrected chi connectivity index (χ2v) is 2.22. The van der Waals surface area contributed by atoms with E-state index in [0.29, 0.717) is 0 Å². The van der Waals surface area contributed by atoms with E-state index in [0.717, 1.165) is 17.0 Å². The summed E-state index contributed by atoms with van der Waals surface area (Å²) >= 11 is 0. The first kappa shape index (κ1) is 8.21. The van der Waals surface area contributed by atoms with Crippen molar-refractivity contribution in [1.29, 1.82) is 0 Å². The Balaban J connectivity index is 4.40. The monoisotopic (exact) mass is 126 g/mol. The maximum absolute atomic E-state index is 5.62. The molecule has 0 fully saturated rings. The summed E-state index contributed by atoms with van der Waals surface area (Å²) < 4.78 is 0. The summed E-state index contributed by atoms with van der Waals surface area (Å²) in [6.45, 7) is 5.86. The summed E-state index contributed by atoms with van der Waals surface area (Å²) in [5.41, 5.74) is 8.46. The van der Waals surface area contributed by atoms with Crippen LogP contribution in [0.4, 0.5) is 0 Å². The lowest BCUT2D eigenvalue weighted by Crippen LogP contribution is -2.09. The van der Waals surface area contributed by atoms with Crippen LogP contribution in [0.2, 0.25) is 0 Å². The molecule has 0 aliphatic rings. The van der Waals surface area contributed by atoms with Crippen molar-refractivity contribution in [3.8, 4) is 0 Å². The largest absolute Gasteiger partial charge is 0.397 e. The first-order chi connectivity index (χ1) is 4.09. The van der Waals surface area contributed by atoms with Crippen LogP contribution in [0.3, 0.4) is 0 Å². The Morgan fingerprint density at radius 2 is 1.67 bits per heavy atom. The highest BCUT2D eigenvalue weighted by Gasteiger charge is 1.94. The van der Waals surface area contributed by atoms with Crippen LogP contribution >= 0.6 is 0 Å². The van der Waals surface area contributed by atoms with Crippen molar-refractivity contribution < 1.29 is 0 Å². The third-order valence-corrected chi connectivity index (χ3v) is 1.26. The number of nitrogens with zero attached hydrogens (tertiary/aromatic N) is 1. The zero-order valence-corrected chi connectivity index (χ0v) is 6.52. The maximum Gasteiger partial charge on any atom is 0.0542 e. The lowest BCUT2D eigenvalue weighted by Gasteiger charge is -2.00. The molecule has 0 radical (unpaired) electrons. The van der Waals surface area contributed by atoms with Gasteiger partial charge in [0.1, 0.15) is 0 Å². The quantitative estimate of drug-likeness (QED) is 0.529. The normalized spacial score (nSPS) is 11.3. The predicted molar refractivity (Wildman–Crippen MR) is 41.6 cm³/mol. The van der Waals surface area contributed by atoms with E-state index in [-0.39, 0.29) is 0 Å². The van der Waals surface area contributed by atoms with Gasteiger partial charge in [-0.05, 0) is 20.8 Å². The van der Waals surface area contributed by atoms with E-state index in [1.807, 2.05) is 20.8 Å². The van der Waals surface area contributed by atoms with E-state index in [9.17, 15) is 0 Å². The minimum Gasteiger partial charge on any atom is -0.397 e. The predicted octanol–water partition coefficient (Wildman–Crippen LogP) is 1.33. The average molecular weight is 126 g/mol. The van der Waals surface area contributed by atoms with Crippen LogP contribution < -0.4 is 5.73 Å². The van der Waals surface area contributed by atoms with Crippen molar-refractivity contribution in [2.75, 3.05) is 7.05 Å². The Hall–Kier alpha value is -0.790. The third kappa shape index (κ3) is 2.31. The molecule has 0 bridgehead atoms. The molecular formula is C7H14N2.